The van der Waals surface area contributed by atoms with Crippen LogP contribution >= 0.6 is 0 Å². The zero-order valence-corrected chi connectivity index (χ0v) is 16.9. The van der Waals surface area contributed by atoms with Crippen LogP contribution in [0.25, 0.3) is 0 Å². The molecule has 0 aromatic rings. The minimum atomic E-state index is -0.461. The first kappa shape index (κ1) is 26.4. The maximum atomic E-state index is 10.8. The highest BCUT2D eigenvalue weighted by molar-refractivity contribution is 5.82. The van der Waals surface area contributed by atoms with Gasteiger partial charge >= 0.3 is 11.9 Å². The predicted molar refractivity (Wildman–Crippen MR) is 109 cm³/mol. The second-order valence-electron chi connectivity index (χ2n) is 6.23. The summed E-state index contributed by atoms with van der Waals surface area (Å²) in [6.45, 7) is 14.3. The van der Waals surface area contributed by atoms with E-state index in [1.807, 2.05) is 0 Å². The molecule has 0 radical (unpaired) electrons. The van der Waals surface area contributed by atoms with Crippen molar-refractivity contribution in [2.75, 3.05) is 6.61 Å². The molecular formula is C22H38O4. The van der Waals surface area contributed by atoms with Crippen LogP contribution in [0.4, 0.5) is 0 Å². The van der Waals surface area contributed by atoms with Crippen LogP contribution in [-0.2, 0) is 19.1 Å². The van der Waals surface area contributed by atoms with Gasteiger partial charge in [0.15, 0.2) is 0 Å². The molecule has 0 bridgehead atoms. The summed E-state index contributed by atoms with van der Waals surface area (Å²) in [6, 6.07) is 0. The number of ether oxygens (including phenoxy) is 2. The van der Waals surface area contributed by atoms with E-state index in [1.54, 1.807) is 6.92 Å². The molecule has 0 rings (SSSR count). The molecule has 0 aliphatic carbocycles. The molecule has 0 aromatic heterocycles. The monoisotopic (exact) mass is 366 g/mol. The van der Waals surface area contributed by atoms with Crippen LogP contribution in [0.5, 0.6) is 0 Å². The number of carbonyl (C=O) groups excluding carboxylic acids is 2. The lowest BCUT2D eigenvalue weighted by Crippen LogP contribution is -2.01. The summed E-state index contributed by atoms with van der Waals surface area (Å²) in [5, 5.41) is 0. The number of carbonyl (C=O) groups is 2. The molecule has 0 aliphatic heterocycles. The molecule has 4 nitrogen and oxygen atoms in total. The molecule has 0 aliphatic rings. The lowest BCUT2D eigenvalue weighted by Gasteiger charge is -2.03. The van der Waals surface area contributed by atoms with E-state index in [1.165, 1.54) is 70.3 Å². The summed E-state index contributed by atoms with van der Waals surface area (Å²) in [4.78, 5) is 21.0. The second-order valence-corrected chi connectivity index (χ2v) is 6.23. The van der Waals surface area contributed by atoms with E-state index in [-0.39, 0.29) is 5.97 Å². The fourth-order valence-corrected chi connectivity index (χ4v) is 2.21. The third-order valence-electron chi connectivity index (χ3n) is 3.60. The van der Waals surface area contributed by atoms with Crippen LogP contribution in [0.2, 0.25) is 0 Å². The third kappa shape index (κ3) is 24.4. The van der Waals surface area contributed by atoms with Gasteiger partial charge in [0.2, 0.25) is 0 Å². The summed E-state index contributed by atoms with van der Waals surface area (Å²) in [5.74, 6) is -0.380. The van der Waals surface area contributed by atoms with Gasteiger partial charge in [-0.2, -0.15) is 0 Å². The first-order chi connectivity index (χ1) is 12.5. The fourth-order valence-electron chi connectivity index (χ4n) is 2.21. The van der Waals surface area contributed by atoms with Gasteiger partial charge in [0, 0.05) is 12.2 Å². The van der Waals surface area contributed by atoms with E-state index >= 15 is 0 Å². The van der Waals surface area contributed by atoms with Crippen molar-refractivity contribution < 1.29 is 19.1 Å². The first-order valence-corrected chi connectivity index (χ1v) is 9.76. The number of hydrogen-bond acceptors (Lipinski definition) is 4. The molecule has 0 atom stereocenters. The molecule has 0 saturated carbocycles. The van der Waals surface area contributed by atoms with Gasteiger partial charge in [-0.1, -0.05) is 90.9 Å². The first-order valence-electron chi connectivity index (χ1n) is 9.76. The van der Waals surface area contributed by atoms with Gasteiger partial charge in [-0.05, 0) is 13.3 Å². The molecule has 0 unspecified atom stereocenters. The van der Waals surface area contributed by atoms with Crippen LogP contribution in [0.3, 0.4) is 0 Å². The van der Waals surface area contributed by atoms with Crippen LogP contribution in [0, 0.1) is 0 Å². The Labute approximate surface area is 160 Å². The van der Waals surface area contributed by atoms with E-state index in [0.29, 0.717) is 12.4 Å². The maximum absolute atomic E-state index is 10.8. The molecule has 0 saturated heterocycles. The fraction of sp³-hybridized carbons (Fsp3) is 0.636. The van der Waals surface area contributed by atoms with Crippen molar-refractivity contribution in [1.82, 2.24) is 0 Å². The molecule has 0 spiro atoms. The van der Waals surface area contributed by atoms with Crippen molar-refractivity contribution in [3.8, 4) is 0 Å². The average molecular weight is 367 g/mol. The molecule has 4 heteroatoms. The van der Waals surface area contributed by atoms with E-state index < -0.39 is 5.97 Å². The van der Waals surface area contributed by atoms with Crippen molar-refractivity contribution >= 4 is 11.9 Å². The summed E-state index contributed by atoms with van der Waals surface area (Å²) in [7, 11) is 0. The number of rotatable bonds is 15. The summed E-state index contributed by atoms with van der Waals surface area (Å²) < 4.78 is 9.36. The highest BCUT2D eigenvalue weighted by Crippen LogP contribution is 2.11. The maximum Gasteiger partial charge on any atom is 0.335 e. The Hall–Kier alpha value is -1.84. The Morgan fingerprint density at radius 3 is 1.54 bits per heavy atom. The number of hydrogen-bond donors (Lipinski definition) is 0. The van der Waals surface area contributed by atoms with Gasteiger partial charge < -0.3 is 9.47 Å². The topological polar surface area (TPSA) is 52.6 Å². The number of esters is 2. The zero-order chi connectivity index (χ0) is 20.0. The van der Waals surface area contributed by atoms with Crippen molar-refractivity contribution in [3.63, 3.8) is 0 Å². The standard InChI is InChI=1S/C16H30O2.C6H8O2/c1-3-5-6-7-8-9-10-11-12-13-14-15-18-16(17)4-2;1-4-6(7)8-5(2)3/h4H,2-3,5-15H2,1H3;4H,1-2H2,3H3. The SMILES string of the molecule is C=CC(=O)OC(=C)C.C=CC(=O)OCCCCCCCCCCCCC. The van der Waals surface area contributed by atoms with Gasteiger partial charge in [-0.3, -0.25) is 0 Å². The van der Waals surface area contributed by atoms with Gasteiger partial charge in [0.05, 0.1) is 12.4 Å². The minimum Gasteiger partial charge on any atom is -0.463 e. The Kier molecular flexibility index (Phi) is 21.5. The third-order valence-corrected chi connectivity index (χ3v) is 3.60. The van der Waals surface area contributed by atoms with Crippen LogP contribution in [-0.4, -0.2) is 18.5 Å². The second kappa shape index (κ2) is 21.2. The molecule has 0 aromatic carbocycles. The molecule has 0 N–H and O–H groups in total. The normalized spacial score (nSPS) is 9.46. The minimum absolute atomic E-state index is 0.304. The van der Waals surface area contributed by atoms with E-state index in [4.69, 9.17) is 4.74 Å². The summed E-state index contributed by atoms with van der Waals surface area (Å²) in [6.07, 6.45) is 16.7. The highest BCUT2D eigenvalue weighted by atomic mass is 16.5. The Balaban J connectivity index is 0. The van der Waals surface area contributed by atoms with Crippen molar-refractivity contribution in [2.24, 2.45) is 0 Å². The quantitative estimate of drug-likeness (QED) is 0.148. The largest absolute Gasteiger partial charge is 0.463 e. The molecule has 0 amide bonds. The molecule has 0 heterocycles. The highest BCUT2D eigenvalue weighted by Gasteiger charge is 1.96. The van der Waals surface area contributed by atoms with E-state index in [2.05, 4.69) is 31.4 Å². The number of unbranched alkanes of at least 4 members (excludes halogenated alkanes) is 10. The van der Waals surface area contributed by atoms with Crippen LogP contribution in [0.15, 0.2) is 37.6 Å². The van der Waals surface area contributed by atoms with Crippen molar-refractivity contribution in [1.29, 1.82) is 0 Å². The Morgan fingerprint density at radius 1 is 0.769 bits per heavy atom. The Morgan fingerprint density at radius 2 is 1.19 bits per heavy atom. The van der Waals surface area contributed by atoms with Crippen molar-refractivity contribution in [2.45, 2.75) is 84.5 Å². The van der Waals surface area contributed by atoms with Gasteiger partial charge in [0.1, 0.15) is 0 Å². The average Bonchev–Trinajstić information content (AvgIpc) is 2.62. The lowest BCUT2D eigenvalue weighted by molar-refractivity contribution is -0.138. The summed E-state index contributed by atoms with van der Waals surface area (Å²) in [5.41, 5.74) is 0. The molecule has 0 fully saturated rings. The van der Waals surface area contributed by atoms with E-state index in [0.717, 1.165) is 12.5 Å². The molecular weight excluding hydrogens is 328 g/mol. The van der Waals surface area contributed by atoms with Crippen LogP contribution in [0.1, 0.15) is 84.5 Å². The van der Waals surface area contributed by atoms with Crippen molar-refractivity contribution in [3.05, 3.63) is 37.6 Å². The lowest BCUT2D eigenvalue weighted by atomic mass is 10.1. The molecule has 26 heavy (non-hydrogen) atoms. The van der Waals surface area contributed by atoms with Crippen LogP contribution < -0.4 is 0 Å². The summed E-state index contributed by atoms with van der Waals surface area (Å²) >= 11 is 0. The number of allylic oxidation sites excluding steroid dienone is 1. The van der Waals surface area contributed by atoms with Gasteiger partial charge in [0.25, 0.3) is 0 Å². The predicted octanol–water partition coefficient (Wildman–Crippen LogP) is 6.28. The van der Waals surface area contributed by atoms with E-state index in [9.17, 15) is 9.59 Å². The molecule has 150 valence electrons. The Bertz CT molecular complexity index is 399. The smallest absolute Gasteiger partial charge is 0.335 e. The zero-order valence-electron chi connectivity index (χ0n) is 16.9. The van der Waals surface area contributed by atoms with Gasteiger partial charge in [-0.15, -0.1) is 0 Å². The van der Waals surface area contributed by atoms with Gasteiger partial charge in [-0.25, -0.2) is 9.59 Å².